The van der Waals surface area contributed by atoms with Gasteiger partial charge in [-0.15, -0.1) is 0 Å². The maximum atomic E-state index is 12.5. The minimum atomic E-state index is -0.549. The Morgan fingerprint density at radius 2 is 1.74 bits per heavy atom. The number of nitrogens with one attached hydrogen (secondary N) is 1. The van der Waals surface area contributed by atoms with Crippen LogP contribution in [0.1, 0.15) is 24.0 Å². The van der Waals surface area contributed by atoms with E-state index >= 15 is 0 Å². The minimum absolute atomic E-state index is 0.0951. The molecular weight excluding hydrogens is 450 g/mol. The molecule has 1 amide bonds. The molecule has 0 aliphatic rings. The van der Waals surface area contributed by atoms with Crippen molar-refractivity contribution in [1.29, 1.82) is 0 Å². The molecule has 1 aromatic heterocycles. The summed E-state index contributed by atoms with van der Waals surface area (Å²) in [5, 5.41) is 4.48. The molecule has 0 radical (unpaired) electrons. The Morgan fingerprint density at radius 1 is 0.971 bits per heavy atom. The number of ether oxygens (including phenoxy) is 3. The monoisotopic (exact) mass is 475 g/mol. The van der Waals surface area contributed by atoms with Crippen LogP contribution in [0.4, 0.5) is 4.79 Å². The van der Waals surface area contributed by atoms with Crippen molar-refractivity contribution in [3.63, 3.8) is 0 Å². The summed E-state index contributed by atoms with van der Waals surface area (Å²) in [6.45, 7) is 2.17. The summed E-state index contributed by atoms with van der Waals surface area (Å²) in [6, 6.07) is 18.0. The first-order valence-electron chi connectivity index (χ1n) is 11.2. The molecule has 0 saturated carbocycles. The van der Waals surface area contributed by atoms with Gasteiger partial charge in [-0.3, -0.25) is 4.79 Å². The van der Waals surface area contributed by atoms with Crippen molar-refractivity contribution in [2.24, 2.45) is 0 Å². The molecule has 8 nitrogen and oxygen atoms in total. The summed E-state index contributed by atoms with van der Waals surface area (Å²) in [7, 11) is 1.53. The molecule has 0 spiro atoms. The fraction of sp³-hybridized carbons (Fsp3) is 0.222. The molecule has 1 N–H and O–H groups in total. The number of rotatable bonds is 8. The van der Waals surface area contributed by atoms with Crippen LogP contribution < -0.4 is 20.4 Å². The zero-order chi connectivity index (χ0) is 24.8. The standard InChI is InChI=1S/C27H25NO7/c1-17-23(13-12-21-20-11-10-19(32-2)15-22(20)26(30)35-25(17)21)34-24(29)9-6-14-28-27(31)33-16-18-7-4-3-5-8-18/h3-5,7-8,10-13,15H,6,9,14,16H2,1-2H3,(H,28,31). The van der Waals surface area contributed by atoms with Crippen LogP contribution in [-0.4, -0.2) is 25.7 Å². The number of hydrogen-bond acceptors (Lipinski definition) is 7. The van der Waals surface area contributed by atoms with Gasteiger partial charge in [-0.25, -0.2) is 9.59 Å². The van der Waals surface area contributed by atoms with E-state index in [1.54, 1.807) is 37.3 Å². The van der Waals surface area contributed by atoms with Crippen LogP contribution in [0.25, 0.3) is 21.7 Å². The van der Waals surface area contributed by atoms with E-state index < -0.39 is 17.7 Å². The van der Waals surface area contributed by atoms with Crippen molar-refractivity contribution in [2.45, 2.75) is 26.4 Å². The summed E-state index contributed by atoms with van der Waals surface area (Å²) in [5.41, 5.74) is 1.30. The first-order valence-corrected chi connectivity index (χ1v) is 11.2. The lowest BCUT2D eigenvalue weighted by Gasteiger charge is -2.11. The summed E-state index contributed by atoms with van der Waals surface area (Å²) < 4.78 is 21.4. The van der Waals surface area contributed by atoms with Crippen molar-refractivity contribution in [2.75, 3.05) is 13.7 Å². The fourth-order valence-electron chi connectivity index (χ4n) is 3.70. The zero-order valence-corrected chi connectivity index (χ0v) is 19.5. The average Bonchev–Trinajstić information content (AvgIpc) is 2.88. The molecule has 3 aromatic carbocycles. The number of esters is 1. The maximum absolute atomic E-state index is 12.5. The molecule has 0 unspecified atom stereocenters. The number of hydrogen-bond donors (Lipinski definition) is 1. The Kier molecular flexibility index (Phi) is 7.30. The number of carbonyl (C=O) groups is 2. The first-order chi connectivity index (χ1) is 17.0. The highest BCUT2D eigenvalue weighted by molar-refractivity contribution is 6.06. The van der Waals surface area contributed by atoms with Crippen LogP contribution in [0.15, 0.2) is 69.9 Å². The van der Waals surface area contributed by atoms with E-state index in [-0.39, 0.29) is 19.6 Å². The average molecular weight is 475 g/mol. The van der Waals surface area contributed by atoms with E-state index in [2.05, 4.69) is 5.32 Å². The normalized spacial score (nSPS) is 10.8. The van der Waals surface area contributed by atoms with E-state index in [9.17, 15) is 14.4 Å². The van der Waals surface area contributed by atoms with Crippen molar-refractivity contribution in [3.8, 4) is 11.5 Å². The van der Waals surface area contributed by atoms with E-state index in [1.807, 2.05) is 30.3 Å². The lowest BCUT2D eigenvalue weighted by molar-refractivity contribution is -0.134. The predicted molar refractivity (Wildman–Crippen MR) is 131 cm³/mol. The van der Waals surface area contributed by atoms with Gasteiger partial charge in [0.15, 0.2) is 0 Å². The number of aryl methyl sites for hydroxylation is 1. The third-order valence-electron chi connectivity index (χ3n) is 5.55. The Hall–Kier alpha value is -4.33. The molecule has 4 aromatic rings. The Morgan fingerprint density at radius 3 is 2.51 bits per heavy atom. The van der Waals surface area contributed by atoms with Gasteiger partial charge in [-0.2, -0.15) is 0 Å². The molecule has 0 aliphatic heterocycles. The minimum Gasteiger partial charge on any atom is -0.497 e. The summed E-state index contributed by atoms with van der Waals surface area (Å²) in [6.07, 6.45) is -0.0711. The molecule has 0 fully saturated rings. The summed E-state index contributed by atoms with van der Waals surface area (Å²) >= 11 is 0. The molecule has 1 heterocycles. The van der Waals surface area contributed by atoms with Gasteiger partial charge in [-0.05, 0) is 49.2 Å². The molecule has 35 heavy (non-hydrogen) atoms. The Labute approximate surface area is 201 Å². The number of amides is 1. The first kappa shape index (κ1) is 23.8. The smallest absolute Gasteiger partial charge is 0.407 e. The van der Waals surface area contributed by atoms with E-state index in [4.69, 9.17) is 18.6 Å². The molecule has 4 rings (SSSR count). The zero-order valence-electron chi connectivity index (χ0n) is 19.5. The Balaban J connectivity index is 1.34. The fourth-order valence-corrected chi connectivity index (χ4v) is 3.70. The third kappa shape index (κ3) is 5.60. The van der Waals surface area contributed by atoms with Crippen LogP contribution in [0.2, 0.25) is 0 Å². The van der Waals surface area contributed by atoms with Gasteiger partial charge in [0.1, 0.15) is 23.7 Å². The van der Waals surface area contributed by atoms with Gasteiger partial charge in [0, 0.05) is 29.3 Å². The molecule has 180 valence electrons. The SMILES string of the molecule is COc1ccc2c(c1)c(=O)oc1c(C)c(OC(=O)CCCNC(=O)OCc3ccccc3)ccc12. The van der Waals surface area contributed by atoms with Gasteiger partial charge in [-0.1, -0.05) is 30.3 Å². The van der Waals surface area contributed by atoms with Crippen molar-refractivity contribution in [1.82, 2.24) is 5.32 Å². The Bertz CT molecular complexity index is 1430. The lowest BCUT2D eigenvalue weighted by Crippen LogP contribution is -2.26. The highest BCUT2D eigenvalue weighted by Gasteiger charge is 2.15. The predicted octanol–water partition coefficient (Wildman–Crippen LogP) is 4.88. The third-order valence-corrected chi connectivity index (χ3v) is 5.55. The highest BCUT2D eigenvalue weighted by atomic mass is 16.5. The highest BCUT2D eigenvalue weighted by Crippen LogP contribution is 2.32. The second-order valence-corrected chi connectivity index (χ2v) is 7.93. The topological polar surface area (TPSA) is 104 Å². The molecule has 8 heteroatoms. The molecule has 0 aliphatic carbocycles. The number of carbonyl (C=O) groups excluding carboxylic acids is 2. The second kappa shape index (κ2) is 10.7. The van der Waals surface area contributed by atoms with Crippen LogP contribution in [0, 0.1) is 6.92 Å². The number of methoxy groups -OCH3 is 1. The van der Waals surface area contributed by atoms with Gasteiger partial charge in [0.2, 0.25) is 0 Å². The molecular formula is C27H25NO7. The van der Waals surface area contributed by atoms with Gasteiger partial charge in [0.25, 0.3) is 0 Å². The molecule has 0 atom stereocenters. The molecule has 0 bridgehead atoms. The van der Waals surface area contributed by atoms with Crippen LogP contribution in [0.5, 0.6) is 11.5 Å². The van der Waals surface area contributed by atoms with Crippen molar-refractivity contribution in [3.05, 3.63) is 82.2 Å². The van der Waals surface area contributed by atoms with Gasteiger partial charge < -0.3 is 23.9 Å². The summed E-state index contributed by atoms with van der Waals surface area (Å²) in [5.74, 6) is 0.416. The maximum Gasteiger partial charge on any atom is 0.407 e. The van der Waals surface area contributed by atoms with Crippen LogP contribution in [0.3, 0.4) is 0 Å². The summed E-state index contributed by atoms with van der Waals surface area (Å²) in [4.78, 5) is 36.6. The largest absolute Gasteiger partial charge is 0.497 e. The van der Waals surface area contributed by atoms with Crippen molar-refractivity contribution < 1.29 is 28.2 Å². The quantitative estimate of drug-likeness (QED) is 0.127. The lowest BCUT2D eigenvalue weighted by atomic mass is 10.0. The number of benzene rings is 3. The van der Waals surface area contributed by atoms with Crippen LogP contribution in [-0.2, 0) is 16.1 Å². The van der Waals surface area contributed by atoms with E-state index in [0.717, 1.165) is 16.3 Å². The number of fused-ring (bicyclic) bond motifs is 3. The van der Waals surface area contributed by atoms with E-state index in [1.165, 1.54) is 7.11 Å². The van der Waals surface area contributed by atoms with Crippen molar-refractivity contribution >= 4 is 33.8 Å². The number of alkyl carbamates (subject to hydrolysis) is 1. The van der Waals surface area contributed by atoms with Gasteiger partial charge >= 0.3 is 17.7 Å². The second-order valence-electron chi connectivity index (χ2n) is 7.93. The molecule has 0 saturated heterocycles. The van der Waals surface area contributed by atoms with Gasteiger partial charge in [0.05, 0.1) is 12.5 Å². The van der Waals surface area contributed by atoms with E-state index in [0.29, 0.717) is 34.5 Å². The van der Waals surface area contributed by atoms with Crippen LogP contribution >= 0.6 is 0 Å².